The molecule has 3 N–H and O–H groups in total. The number of nitrogens with zero attached hydrogens (tertiary/aromatic N) is 1. The number of carbonyl (C=O) groups excluding carboxylic acids is 2. The number of ether oxygens (including phenoxy) is 1. The molecule has 0 bridgehead atoms. The fourth-order valence-corrected chi connectivity index (χ4v) is 4.55. The SMILES string of the molecule is COCCCN1C(=O)C(=O)/C(=C(/O)c2c[nH]c3ccccc23)C1c1c[nH]c2ccccc12. The fourth-order valence-electron chi connectivity index (χ4n) is 4.55. The number of H-pyrrole nitrogens is 2. The van der Waals surface area contributed by atoms with E-state index in [4.69, 9.17) is 4.74 Å². The van der Waals surface area contributed by atoms with Gasteiger partial charge in [-0.25, -0.2) is 0 Å². The van der Waals surface area contributed by atoms with E-state index in [0.717, 1.165) is 27.4 Å². The standard InChI is InChI=1S/C25H23N3O4/c1-32-12-6-11-28-22(17-13-26-19-9-4-2-7-15(17)19)21(24(30)25(28)31)23(29)18-14-27-20-10-5-3-8-16(18)20/h2-5,7-10,13-14,22,26-27,29H,6,11-12H2,1H3/b23-21+. The lowest BCUT2D eigenvalue weighted by atomic mass is 9.94. The van der Waals surface area contributed by atoms with Gasteiger partial charge in [-0.2, -0.15) is 0 Å². The number of methoxy groups -OCH3 is 1. The molecular weight excluding hydrogens is 406 g/mol. The molecule has 2 aromatic heterocycles. The predicted octanol–water partition coefficient (Wildman–Crippen LogP) is 4.11. The Morgan fingerprint density at radius 1 is 1.00 bits per heavy atom. The topological polar surface area (TPSA) is 98.4 Å². The minimum atomic E-state index is -0.698. The Balaban J connectivity index is 1.71. The summed E-state index contributed by atoms with van der Waals surface area (Å²) in [6.07, 6.45) is 4.06. The highest BCUT2D eigenvalue weighted by molar-refractivity contribution is 6.46. The number of hydrogen-bond donors (Lipinski definition) is 3. The van der Waals surface area contributed by atoms with E-state index < -0.39 is 17.7 Å². The molecule has 1 saturated heterocycles. The number of likely N-dealkylation sites (tertiary alicyclic amines) is 1. The minimum absolute atomic E-state index is 0.0990. The molecule has 1 fully saturated rings. The number of nitrogens with one attached hydrogen (secondary N) is 2. The van der Waals surface area contributed by atoms with E-state index >= 15 is 0 Å². The second-order valence-electron chi connectivity index (χ2n) is 7.88. The zero-order valence-corrected chi connectivity index (χ0v) is 17.6. The van der Waals surface area contributed by atoms with Gasteiger partial charge in [0.2, 0.25) is 0 Å². The molecule has 162 valence electrons. The zero-order valence-electron chi connectivity index (χ0n) is 17.6. The minimum Gasteiger partial charge on any atom is -0.507 e. The van der Waals surface area contributed by atoms with E-state index in [-0.39, 0.29) is 11.3 Å². The highest BCUT2D eigenvalue weighted by Gasteiger charge is 2.46. The summed E-state index contributed by atoms with van der Waals surface area (Å²) in [4.78, 5) is 34.1. The molecule has 32 heavy (non-hydrogen) atoms. The van der Waals surface area contributed by atoms with Crippen LogP contribution in [-0.4, -0.2) is 51.9 Å². The van der Waals surface area contributed by atoms with Crippen LogP contribution < -0.4 is 0 Å². The summed E-state index contributed by atoms with van der Waals surface area (Å²) < 4.78 is 5.15. The van der Waals surface area contributed by atoms with Gasteiger partial charge in [-0.1, -0.05) is 36.4 Å². The summed E-state index contributed by atoms with van der Waals surface area (Å²) in [5, 5.41) is 13.0. The zero-order chi connectivity index (χ0) is 22.2. The van der Waals surface area contributed by atoms with Gasteiger partial charge in [0.25, 0.3) is 11.7 Å². The molecule has 1 atom stereocenters. The van der Waals surface area contributed by atoms with Gasteiger partial charge >= 0.3 is 0 Å². The van der Waals surface area contributed by atoms with Crippen LogP contribution in [0.5, 0.6) is 0 Å². The normalized spacial score (nSPS) is 18.3. The van der Waals surface area contributed by atoms with Crippen molar-refractivity contribution in [3.05, 3.63) is 77.6 Å². The molecule has 0 radical (unpaired) electrons. The number of hydrogen-bond acceptors (Lipinski definition) is 4. The number of benzene rings is 2. The van der Waals surface area contributed by atoms with E-state index in [0.29, 0.717) is 25.1 Å². The summed E-state index contributed by atoms with van der Waals surface area (Å²) in [5.74, 6) is -1.47. The van der Waals surface area contributed by atoms with Crippen LogP contribution in [0.25, 0.3) is 27.6 Å². The average Bonchev–Trinajstić information content (AvgIpc) is 3.49. The molecule has 2 aromatic carbocycles. The summed E-state index contributed by atoms with van der Waals surface area (Å²) in [6, 6.07) is 14.6. The summed E-state index contributed by atoms with van der Waals surface area (Å²) >= 11 is 0. The van der Waals surface area contributed by atoms with Gasteiger partial charge in [0.1, 0.15) is 5.76 Å². The maximum Gasteiger partial charge on any atom is 0.295 e. The number of para-hydroxylation sites is 2. The van der Waals surface area contributed by atoms with Gasteiger partial charge in [-0.3, -0.25) is 9.59 Å². The molecule has 1 amide bonds. The molecule has 7 nitrogen and oxygen atoms in total. The first kappa shape index (κ1) is 20.1. The molecule has 3 heterocycles. The maximum absolute atomic E-state index is 13.2. The lowest BCUT2D eigenvalue weighted by Crippen LogP contribution is -2.31. The smallest absolute Gasteiger partial charge is 0.295 e. The van der Waals surface area contributed by atoms with Gasteiger partial charge in [0, 0.05) is 65.6 Å². The van der Waals surface area contributed by atoms with Crippen LogP contribution in [0.2, 0.25) is 0 Å². The molecule has 7 heteroatoms. The lowest BCUT2D eigenvalue weighted by Gasteiger charge is -2.24. The van der Waals surface area contributed by atoms with E-state index in [1.54, 1.807) is 13.3 Å². The third-order valence-electron chi connectivity index (χ3n) is 6.05. The fraction of sp³-hybridized carbons (Fsp3) is 0.200. The third kappa shape index (κ3) is 3.09. The van der Waals surface area contributed by atoms with Crippen molar-refractivity contribution in [3.8, 4) is 0 Å². The Morgan fingerprint density at radius 3 is 2.41 bits per heavy atom. The third-order valence-corrected chi connectivity index (χ3v) is 6.05. The number of aromatic amines is 2. The van der Waals surface area contributed by atoms with Crippen LogP contribution in [0.15, 0.2) is 66.5 Å². The highest BCUT2D eigenvalue weighted by atomic mass is 16.5. The first-order valence-corrected chi connectivity index (χ1v) is 10.5. The summed E-state index contributed by atoms with van der Waals surface area (Å²) in [7, 11) is 1.60. The number of ketones is 1. The number of fused-ring (bicyclic) bond motifs is 2. The monoisotopic (exact) mass is 429 g/mol. The Hall–Kier alpha value is -3.84. The molecule has 0 aliphatic carbocycles. The Bertz CT molecular complexity index is 1360. The molecular formula is C25H23N3O4. The van der Waals surface area contributed by atoms with Gasteiger partial charge in [0.15, 0.2) is 0 Å². The summed E-state index contributed by atoms with van der Waals surface area (Å²) in [6.45, 7) is 0.805. The van der Waals surface area contributed by atoms with Crippen LogP contribution in [0.3, 0.4) is 0 Å². The maximum atomic E-state index is 13.2. The van der Waals surface area contributed by atoms with Crippen molar-refractivity contribution in [2.75, 3.05) is 20.3 Å². The van der Waals surface area contributed by atoms with Gasteiger partial charge in [-0.05, 0) is 18.6 Å². The molecule has 1 aliphatic heterocycles. The Morgan fingerprint density at radius 2 is 1.66 bits per heavy atom. The van der Waals surface area contributed by atoms with E-state index in [1.807, 2.05) is 54.7 Å². The van der Waals surface area contributed by atoms with Gasteiger partial charge in [-0.15, -0.1) is 0 Å². The largest absolute Gasteiger partial charge is 0.507 e. The molecule has 5 rings (SSSR count). The Labute approximate surface area is 184 Å². The number of aromatic nitrogens is 2. The number of amides is 1. The van der Waals surface area contributed by atoms with Gasteiger partial charge in [0.05, 0.1) is 11.6 Å². The van der Waals surface area contributed by atoms with E-state index in [1.165, 1.54) is 4.90 Å². The molecule has 1 aliphatic rings. The second-order valence-corrected chi connectivity index (χ2v) is 7.88. The Kier molecular flexibility index (Phi) is 5.03. The first-order chi connectivity index (χ1) is 15.6. The van der Waals surface area contributed by atoms with Crippen molar-refractivity contribution in [3.63, 3.8) is 0 Å². The van der Waals surface area contributed by atoms with Crippen LogP contribution in [0.1, 0.15) is 23.6 Å². The van der Waals surface area contributed by atoms with Crippen molar-refractivity contribution >= 4 is 39.3 Å². The van der Waals surface area contributed by atoms with E-state index in [9.17, 15) is 14.7 Å². The van der Waals surface area contributed by atoms with Crippen molar-refractivity contribution in [2.45, 2.75) is 12.5 Å². The van der Waals surface area contributed by atoms with Gasteiger partial charge < -0.3 is 24.7 Å². The van der Waals surface area contributed by atoms with Crippen LogP contribution in [-0.2, 0) is 14.3 Å². The lowest BCUT2D eigenvalue weighted by molar-refractivity contribution is -0.140. The van der Waals surface area contributed by atoms with Crippen LogP contribution in [0, 0.1) is 0 Å². The number of rotatable bonds is 6. The average molecular weight is 429 g/mol. The van der Waals surface area contributed by atoms with Crippen molar-refractivity contribution in [1.29, 1.82) is 0 Å². The second kappa shape index (κ2) is 8.01. The van der Waals surface area contributed by atoms with Crippen LogP contribution in [0.4, 0.5) is 0 Å². The molecule has 0 saturated carbocycles. The number of aliphatic hydroxyl groups is 1. The summed E-state index contributed by atoms with van der Waals surface area (Å²) in [5.41, 5.74) is 3.12. The molecule has 4 aromatic rings. The van der Waals surface area contributed by atoms with Crippen LogP contribution >= 0.6 is 0 Å². The number of carbonyl (C=O) groups is 2. The van der Waals surface area contributed by atoms with Crippen molar-refractivity contribution < 1.29 is 19.4 Å². The van der Waals surface area contributed by atoms with E-state index in [2.05, 4.69) is 9.97 Å². The number of aliphatic hydroxyl groups excluding tert-OH is 1. The predicted molar refractivity (Wildman–Crippen MR) is 122 cm³/mol. The van der Waals surface area contributed by atoms with Crippen molar-refractivity contribution in [1.82, 2.24) is 14.9 Å². The number of Topliss-reactive ketones (excluding diaryl/α,β-unsaturated/α-hetero) is 1. The molecule has 1 unspecified atom stereocenters. The van der Waals surface area contributed by atoms with Crippen molar-refractivity contribution in [2.24, 2.45) is 0 Å². The quantitative estimate of drug-likeness (QED) is 0.186. The molecule has 0 spiro atoms. The first-order valence-electron chi connectivity index (χ1n) is 10.5. The highest BCUT2D eigenvalue weighted by Crippen LogP contribution is 2.42.